The third-order valence-corrected chi connectivity index (χ3v) is 5.19. The fourth-order valence-corrected chi connectivity index (χ4v) is 3.75. The Morgan fingerprint density at radius 2 is 1.30 bits per heavy atom. The largest absolute Gasteiger partial charge is 0.340 e. The number of carbonyl (C=O) groups is 1. The van der Waals surface area contributed by atoms with Gasteiger partial charge in [0.1, 0.15) is 10.7 Å². The first-order valence-electron chi connectivity index (χ1n) is 8.73. The number of rotatable bonds is 5. The monoisotopic (exact) mass is 370 g/mol. The Balaban J connectivity index is 1.60. The SMILES string of the molecule is O=C(NC(c1ccccc1)c1ccccc1)c1csc(-c2ccccc2)n1. The number of benzene rings is 3. The predicted molar refractivity (Wildman–Crippen MR) is 110 cm³/mol. The number of amides is 1. The minimum Gasteiger partial charge on any atom is -0.340 e. The van der Waals surface area contributed by atoms with Crippen molar-refractivity contribution < 1.29 is 4.79 Å². The summed E-state index contributed by atoms with van der Waals surface area (Å²) in [5, 5.41) is 5.79. The van der Waals surface area contributed by atoms with Gasteiger partial charge in [-0.3, -0.25) is 4.79 Å². The van der Waals surface area contributed by atoms with Gasteiger partial charge < -0.3 is 5.32 Å². The quantitative estimate of drug-likeness (QED) is 0.516. The van der Waals surface area contributed by atoms with Crippen LogP contribution in [0.3, 0.4) is 0 Å². The predicted octanol–water partition coefficient (Wildman–Crippen LogP) is 5.33. The molecule has 0 aliphatic rings. The molecule has 1 amide bonds. The maximum atomic E-state index is 12.9. The summed E-state index contributed by atoms with van der Waals surface area (Å²) in [7, 11) is 0. The van der Waals surface area contributed by atoms with Crippen molar-refractivity contribution in [2.45, 2.75) is 6.04 Å². The van der Waals surface area contributed by atoms with Crippen LogP contribution < -0.4 is 5.32 Å². The molecule has 0 atom stereocenters. The maximum Gasteiger partial charge on any atom is 0.271 e. The minimum atomic E-state index is -0.221. The Morgan fingerprint density at radius 1 is 0.778 bits per heavy atom. The third kappa shape index (κ3) is 3.96. The zero-order valence-electron chi connectivity index (χ0n) is 14.6. The first-order valence-corrected chi connectivity index (χ1v) is 9.61. The van der Waals surface area contributed by atoms with Crippen LogP contribution in [-0.2, 0) is 0 Å². The van der Waals surface area contributed by atoms with Gasteiger partial charge in [0.25, 0.3) is 5.91 Å². The van der Waals surface area contributed by atoms with Crippen LogP contribution in [0.15, 0.2) is 96.4 Å². The lowest BCUT2D eigenvalue weighted by molar-refractivity contribution is 0.0938. The number of carbonyl (C=O) groups excluding carboxylic acids is 1. The van der Waals surface area contributed by atoms with E-state index in [1.807, 2.05) is 96.4 Å². The molecule has 3 aromatic carbocycles. The lowest BCUT2D eigenvalue weighted by atomic mass is 9.98. The van der Waals surface area contributed by atoms with Crippen LogP contribution in [0.25, 0.3) is 10.6 Å². The Morgan fingerprint density at radius 3 is 1.85 bits per heavy atom. The van der Waals surface area contributed by atoms with E-state index in [1.54, 1.807) is 0 Å². The van der Waals surface area contributed by atoms with Crippen LogP contribution in [0.2, 0.25) is 0 Å². The minimum absolute atomic E-state index is 0.175. The van der Waals surface area contributed by atoms with Crippen molar-refractivity contribution in [2.24, 2.45) is 0 Å². The summed E-state index contributed by atoms with van der Waals surface area (Å²) in [4.78, 5) is 17.4. The molecule has 0 spiro atoms. The zero-order valence-corrected chi connectivity index (χ0v) is 15.4. The average Bonchev–Trinajstić information content (AvgIpc) is 3.24. The Labute approximate surface area is 162 Å². The molecule has 0 bridgehead atoms. The van der Waals surface area contributed by atoms with Crippen molar-refractivity contribution in [3.8, 4) is 10.6 Å². The van der Waals surface area contributed by atoms with E-state index < -0.39 is 0 Å². The van der Waals surface area contributed by atoms with Crippen molar-refractivity contribution in [3.63, 3.8) is 0 Å². The van der Waals surface area contributed by atoms with E-state index in [0.717, 1.165) is 21.7 Å². The van der Waals surface area contributed by atoms with Gasteiger partial charge in [0.2, 0.25) is 0 Å². The van der Waals surface area contributed by atoms with Crippen LogP contribution in [0.4, 0.5) is 0 Å². The Hall–Kier alpha value is -3.24. The standard InChI is InChI=1S/C23H18N2OS/c26-22(20-16-27-23(24-20)19-14-8-3-9-15-19)25-21(17-10-4-1-5-11-17)18-12-6-2-7-13-18/h1-16,21H,(H,25,26). The van der Waals surface area contributed by atoms with Gasteiger partial charge in [-0.05, 0) is 11.1 Å². The number of hydrogen-bond acceptors (Lipinski definition) is 3. The second-order valence-electron chi connectivity index (χ2n) is 6.13. The van der Waals surface area contributed by atoms with Crippen molar-refractivity contribution in [1.29, 1.82) is 0 Å². The Kier molecular flexibility index (Phi) is 5.08. The van der Waals surface area contributed by atoms with Crippen molar-refractivity contribution in [1.82, 2.24) is 10.3 Å². The molecule has 4 heteroatoms. The zero-order chi connectivity index (χ0) is 18.5. The summed E-state index contributed by atoms with van der Waals surface area (Å²) in [6, 6.07) is 29.6. The number of nitrogens with one attached hydrogen (secondary N) is 1. The van der Waals surface area contributed by atoms with Crippen molar-refractivity contribution in [3.05, 3.63) is 113 Å². The molecule has 0 fully saturated rings. The van der Waals surface area contributed by atoms with E-state index in [1.165, 1.54) is 11.3 Å². The molecule has 0 aliphatic heterocycles. The van der Waals surface area contributed by atoms with E-state index >= 15 is 0 Å². The first-order chi connectivity index (χ1) is 13.3. The second-order valence-corrected chi connectivity index (χ2v) is 6.99. The molecule has 1 N–H and O–H groups in total. The van der Waals surface area contributed by atoms with E-state index in [9.17, 15) is 4.79 Å². The molecule has 132 valence electrons. The highest BCUT2D eigenvalue weighted by molar-refractivity contribution is 7.13. The van der Waals surface area contributed by atoms with Gasteiger partial charge in [-0.2, -0.15) is 0 Å². The van der Waals surface area contributed by atoms with E-state index in [0.29, 0.717) is 5.69 Å². The Bertz CT molecular complexity index is 974. The third-order valence-electron chi connectivity index (χ3n) is 4.30. The van der Waals surface area contributed by atoms with E-state index in [4.69, 9.17) is 0 Å². The molecular weight excluding hydrogens is 352 g/mol. The molecule has 3 nitrogen and oxygen atoms in total. The highest BCUT2D eigenvalue weighted by Gasteiger charge is 2.19. The van der Waals surface area contributed by atoms with Gasteiger partial charge in [0, 0.05) is 10.9 Å². The molecular formula is C23H18N2OS. The molecule has 0 aliphatic carbocycles. The van der Waals surface area contributed by atoms with Gasteiger partial charge >= 0.3 is 0 Å². The summed E-state index contributed by atoms with van der Waals surface area (Å²) < 4.78 is 0. The number of thiazole rings is 1. The first kappa shape index (κ1) is 17.2. The van der Waals surface area contributed by atoms with Gasteiger partial charge in [0.05, 0.1) is 6.04 Å². The summed E-state index contributed by atoms with van der Waals surface area (Å²) >= 11 is 1.48. The van der Waals surface area contributed by atoms with Crippen molar-refractivity contribution in [2.75, 3.05) is 0 Å². The highest BCUT2D eigenvalue weighted by atomic mass is 32.1. The van der Waals surface area contributed by atoms with Gasteiger partial charge in [-0.1, -0.05) is 91.0 Å². The molecule has 1 aromatic heterocycles. The van der Waals surface area contributed by atoms with E-state index in [-0.39, 0.29) is 11.9 Å². The highest BCUT2D eigenvalue weighted by Crippen LogP contribution is 2.25. The lowest BCUT2D eigenvalue weighted by Crippen LogP contribution is -2.29. The van der Waals surface area contributed by atoms with Gasteiger partial charge in [0.15, 0.2) is 0 Å². The van der Waals surface area contributed by atoms with Crippen LogP contribution in [-0.4, -0.2) is 10.9 Å². The molecule has 0 radical (unpaired) electrons. The van der Waals surface area contributed by atoms with Crippen LogP contribution in [0, 0.1) is 0 Å². The second kappa shape index (κ2) is 7.98. The summed E-state index contributed by atoms with van der Waals surface area (Å²) in [5.74, 6) is -0.175. The normalized spacial score (nSPS) is 10.7. The number of aromatic nitrogens is 1. The molecule has 4 rings (SSSR count). The smallest absolute Gasteiger partial charge is 0.271 e. The van der Waals surface area contributed by atoms with Crippen LogP contribution >= 0.6 is 11.3 Å². The van der Waals surface area contributed by atoms with Crippen LogP contribution in [0.5, 0.6) is 0 Å². The fourth-order valence-electron chi connectivity index (χ4n) is 2.95. The average molecular weight is 370 g/mol. The van der Waals surface area contributed by atoms with Crippen molar-refractivity contribution >= 4 is 17.2 Å². The summed E-state index contributed by atoms with van der Waals surface area (Å²) in [6.07, 6.45) is 0. The lowest BCUT2D eigenvalue weighted by Gasteiger charge is -2.19. The molecule has 27 heavy (non-hydrogen) atoms. The van der Waals surface area contributed by atoms with E-state index in [2.05, 4.69) is 10.3 Å². The molecule has 1 heterocycles. The molecule has 0 unspecified atom stereocenters. The van der Waals surface area contributed by atoms with Gasteiger partial charge in [-0.25, -0.2) is 4.98 Å². The molecule has 0 saturated heterocycles. The van der Waals surface area contributed by atoms with Crippen LogP contribution in [0.1, 0.15) is 27.7 Å². The fraction of sp³-hybridized carbons (Fsp3) is 0.0435. The van der Waals surface area contributed by atoms with Gasteiger partial charge in [-0.15, -0.1) is 11.3 Å². The number of hydrogen-bond donors (Lipinski definition) is 1. The molecule has 0 saturated carbocycles. The summed E-state index contributed by atoms with van der Waals surface area (Å²) in [6.45, 7) is 0. The topological polar surface area (TPSA) is 42.0 Å². The number of nitrogens with zero attached hydrogens (tertiary/aromatic N) is 1. The summed E-state index contributed by atoms with van der Waals surface area (Å²) in [5.41, 5.74) is 3.53. The maximum absolute atomic E-state index is 12.9. The molecule has 4 aromatic rings.